The first-order chi connectivity index (χ1) is 52.9. The fourth-order valence-corrected chi connectivity index (χ4v) is 12.8. The first kappa shape index (κ1) is 86.9. The van der Waals surface area contributed by atoms with Gasteiger partial charge in [0, 0.05) is 88.2 Å². The van der Waals surface area contributed by atoms with Gasteiger partial charge in [0.05, 0.1) is 6.61 Å². The zero-order valence-electron chi connectivity index (χ0n) is 63.5. The Balaban J connectivity index is 1.18. The zero-order chi connectivity index (χ0) is 80.8. The largest absolute Gasteiger partial charge is 0.394 e. The number of nitrogens with one attached hydrogen (secondary N) is 12. The second kappa shape index (κ2) is 43.1. The topological polar surface area (TPSA) is 455 Å². The number of urea groups is 1. The highest BCUT2D eigenvalue weighted by molar-refractivity contribution is 6.30. The van der Waals surface area contributed by atoms with Crippen molar-refractivity contribution in [3.63, 3.8) is 0 Å². The molecule has 30 nitrogen and oxygen atoms in total. The highest BCUT2D eigenvalue weighted by Gasteiger charge is 2.40. The second-order valence-electron chi connectivity index (χ2n) is 28.5. The van der Waals surface area contributed by atoms with E-state index in [4.69, 9.17) is 23.1 Å². The molecule has 0 unspecified atom stereocenters. The lowest BCUT2D eigenvalue weighted by atomic mass is 9.99. The summed E-state index contributed by atoms with van der Waals surface area (Å²) in [4.78, 5) is 187. The number of hydrogen-bond donors (Lipinski definition) is 15. The summed E-state index contributed by atoms with van der Waals surface area (Å²) < 4.78 is 0. The van der Waals surface area contributed by atoms with Gasteiger partial charge >= 0.3 is 6.03 Å². The lowest BCUT2D eigenvalue weighted by Crippen LogP contribution is -2.62. The summed E-state index contributed by atoms with van der Waals surface area (Å²) in [7, 11) is 0. The van der Waals surface area contributed by atoms with Crippen LogP contribution in [0.25, 0.3) is 10.8 Å². The first-order valence-electron chi connectivity index (χ1n) is 37.1. The number of anilines is 1. The Morgan fingerprint density at radius 1 is 0.514 bits per heavy atom. The Bertz CT molecular complexity index is 4210. The maximum atomic E-state index is 15.3. The number of rotatable bonds is 41. The molecule has 1 fully saturated rings. The fourth-order valence-electron chi connectivity index (χ4n) is 12.7. The van der Waals surface area contributed by atoms with Gasteiger partial charge in [-0.15, -0.1) is 0 Å². The number of aliphatic hydroxyl groups excluding tert-OH is 1. The number of nitrogens with two attached hydrogens (primary N) is 2. The predicted octanol–water partition coefficient (Wildman–Crippen LogP) is 2.61. The zero-order valence-corrected chi connectivity index (χ0v) is 64.3. The number of aliphatic hydroxyl groups is 1. The van der Waals surface area contributed by atoms with Crippen molar-refractivity contribution in [2.24, 2.45) is 17.4 Å². The summed E-state index contributed by atoms with van der Waals surface area (Å²) in [5.41, 5.74) is 14.4. The molecule has 1 aromatic heterocycles. The molecule has 1 saturated heterocycles. The van der Waals surface area contributed by atoms with Crippen LogP contribution in [0.15, 0.2) is 140 Å². The van der Waals surface area contributed by atoms with Crippen LogP contribution >= 0.6 is 11.6 Å². The molecule has 14 amide bonds. The van der Waals surface area contributed by atoms with Crippen LogP contribution in [0.1, 0.15) is 120 Å². The van der Waals surface area contributed by atoms with Crippen molar-refractivity contribution in [1.82, 2.24) is 68.4 Å². The lowest BCUT2D eigenvalue weighted by molar-refractivity contribution is -0.142. The van der Waals surface area contributed by atoms with Crippen LogP contribution in [0.5, 0.6) is 0 Å². The molecule has 2 heterocycles. The summed E-state index contributed by atoms with van der Waals surface area (Å²) in [6.45, 7) is 11.3. The number of amides is 14. The van der Waals surface area contributed by atoms with Crippen LogP contribution < -0.4 is 75.3 Å². The van der Waals surface area contributed by atoms with Crippen molar-refractivity contribution >= 4 is 105 Å². The lowest BCUT2D eigenvalue weighted by Gasteiger charge is -2.31. The molecular weight excluding hydrogens is 1440 g/mol. The number of likely N-dealkylation sites (tertiary alicyclic amines) is 1. The van der Waals surface area contributed by atoms with Crippen LogP contribution in [-0.2, 0) is 96.2 Å². The molecule has 10 atom stereocenters. The van der Waals surface area contributed by atoms with Crippen LogP contribution in [-0.4, -0.2) is 178 Å². The number of pyridine rings is 1. The van der Waals surface area contributed by atoms with Crippen molar-refractivity contribution in [2.75, 3.05) is 25.0 Å². The number of nitrogens with zero attached hydrogens (tertiary/aromatic N) is 2. The van der Waals surface area contributed by atoms with Crippen molar-refractivity contribution < 1.29 is 67.4 Å². The van der Waals surface area contributed by atoms with E-state index < -0.39 is 138 Å². The minimum absolute atomic E-state index is 0.0151. The van der Waals surface area contributed by atoms with Crippen LogP contribution in [0, 0.1) is 5.92 Å². The van der Waals surface area contributed by atoms with E-state index in [0.29, 0.717) is 69.9 Å². The van der Waals surface area contributed by atoms with E-state index in [1.165, 1.54) is 38.1 Å². The van der Waals surface area contributed by atoms with Crippen molar-refractivity contribution in [3.8, 4) is 0 Å². The number of carbonyl (C=O) groups excluding carboxylic acids is 13. The smallest absolute Gasteiger partial charge is 0.312 e. The molecule has 1 aliphatic rings. The number of primary amides is 2. The maximum absolute atomic E-state index is 15.3. The van der Waals surface area contributed by atoms with E-state index in [9.17, 15) is 57.8 Å². The van der Waals surface area contributed by atoms with Gasteiger partial charge in [-0.05, 0) is 132 Å². The fraction of sp³-hybridized carbons (Fsp3) is 0.425. The molecule has 6 aromatic rings. The maximum Gasteiger partial charge on any atom is 0.312 e. The molecule has 111 heavy (non-hydrogen) atoms. The third-order valence-electron chi connectivity index (χ3n) is 18.5. The molecule has 0 spiro atoms. The third kappa shape index (κ3) is 28.5. The molecule has 0 bridgehead atoms. The Hall–Kier alpha value is -11.4. The highest BCUT2D eigenvalue weighted by atomic mass is 35.5. The molecule has 0 radical (unpaired) electrons. The molecular formula is C80H103ClN16O14. The minimum Gasteiger partial charge on any atom is -0.394 e. The van der Waals surface area contributed by atoms with E-state index in [2.05, 4.69) is 68.8 Å². The number of hydrogen-bond acceptors (Lipinski definition) is 16. The van der Waals surface area contributed by atoms with Crippen molar-refractivity contribution in [2.45, 2.75) is 192 Å². The van der Waals surface area contributed by atoms with Gasteiger partial charge in [-0.3, -0.25) is 62.5 Å². The van der Waals surface area contributed by atoms with Gasteiger partial charge in [-0.2, -0.15) is 0 Å². The summed E-state index contributed by atoms with van der Waals surface area (Å²) in [6.07, 6.45) is 3.90. The normalized spacial score (nSPS) is 15.0. The van der Waals surface area contributed by atoms with E-state index in [0.717, 1.165) is 10.8 Å². The summed E-state index contributed by atoms with van der Waals surface area (Å²) >= 11 is 6.26. The van der Waals surface area contributed by atoms with Gasteiger partial charge in [0.2, 0.25) is 70.9 Å². The molecule has 0 saturated carbocycles. The van der Waals surface area contributed by atoms with E-state index in [-0.39, 0.29) is 82.3 Å². The summed E-state index contributed by atoms with van der Waals surface area (Å²) in [6, 6.07) is 21.3. The molecule has 17 N–H and O–H groups in total. The standard InChI is InChI=1S/C80H103ClN16O14/c1-46(2)36-62(71(102)90-61(17-10-11-34-85-47(3)4)79(110)97-35-13-18-69(97)78(109)87-48(5)70(82)101)91-73(104)64(38-51-19-21-54(22-20-51)44-86-80(83)111)93-75(106)66(40-53-26-31-60(32-27-53)88-49(6)99)95-77(108)68(45-98)96-76(107)67(42-56-14-12-33-84-43-56)94-74(105)65(39-52-24-29-59(81)30-25-52)92-72(103)63(89-50(7)100)41-55-23-28-57-15-8-9-16-58(57)37-55/h8-9,12,14-16,19-33,37,43,46-48,61-69,85,98H,10-11,13,17-18,34-36,38-42,44-45H2,1-7H3,(H2,82,101)(H,87,109)(H,88,99)(H,89,100)(H,90,102)(H,91,104)(H,92,103)(H,93,106)(H,94,105)(H,95,108)(H,96,107)(H3,83,86,111)/t48-,61+,62+,63-,64+,65-,66+,67-,68+,69+/m1/s1. The molecule has 0 aliphatic carbocycles. The van der Waals surface area contributed by atoms with Gasteiger partial charge in [0.15, 0.2) is 0 Å². The van der Waals surface area contributed by atoms with Gasteiger partial charge < -0.3 is 85.3 Å². The Kier molecular flexibility index (Phi) is 33.8. The van der Waals surface area contributed by atoms with Gasteiger partial charge in [-0.1, -0.05) is 136 Å². The van der Waals surface area contributed by atoms with E-state index in [1.807, 2.05) is 70.2 Å². The second-order valence-corrected chi connectivity index (χ2v) is 29.0. The van der Waals surface area contributed by atoms with E-state index in [1.54, 1.807) is 84.9 Å². The molecule has 31 heteroatoms. The molecule has 594 valence electrons. The minimum atomic E-state index is -1.86. The Morgan fingerprint density at radius 3 is 1.50 bits per heavy atom. The third-order valence-corrected chi connectivity index (χ3v) is 18.8. The summed E-state index contributed by atoms with van der Waals surface area (Å²) in [5.74, 6) is -9.46. The number of aromatic nitrogens is 1. The van der Waals surface area contributed by atoms with Gasteiger partial charge in [0.1, 0.15) is 60.4 Å². The summed E-state index contributed by atoms with van der Waals surface area (Å²) in [5, 5.41) is 46.3. The monoisotopic (exact) mass is 1550 g/mol. The Labute approximate surface area is 650 Å². The SMILES string of the molecule is CC(=O)Nc1ccc(C[C@H](NC(=O)[C@H](CO)NC(=O)[C@@H](Cc2cccnc2)NC(=O)[C@@H](Cc2ccc(Cl)cc2)NC(=O)[C@@H](Cc2ccc3ccccc3c2)NC(C)=O)C(=O)N[C@@H](Cc2ccc(CNC(N)=O)cc2)C(=O)N[C@@H](CC(C)C)C(=O)N[C@@H](CCCCNC(C)C)C(=O)N2CCC[C@H]2C(=O)N[C@H](C)C(N)=O)cc1. The van der Waals surface area contributed by atoms with Gasteiger partial charge in [-0.25, -0.2) is 4.79 Å². The number of halogens is 1. The van der Waals surface area contributed by atoms with Crippen LogP contribution in [0.3, 0.4) is 0 Å². The number of carbonyl (C=O) groups is 13. The number of benzene rings is 5. The van der Waals surface area contributed by atoms with Gasteiger partial charge in [0.25, 0.3) is 0 Å². The predicted molar refractivity (Wildman–Crippen MR) is 418 cm³/mol. The first-order valence-corrected chi connectivity index (χ1v) is 37.5. The average molecular weight is 1550 g/mol. The van der Waals surface area contributed by atoms with Crippen LogP contribution in [0.2, 0.25) is 5.02 Å². The highest BCUT2D eigenvalue weighted by Crippen LogP contribution is 2.23. The molecule has 5 aromatic carbocycles. The molecule has 7 rings (SSSR count). The number of fused-ring (bicyclic) bond motifs is 1. The van der Waals surface area contributed by atoms with Crippen molar-refractivity contribution in [3.05, 3.63) is 178 Å². The molecule has 1 aliphatic heterocycles. The van der Waals surface area contributed by atoms with Crippen molar-refractivity contribution in [1.29, 1.82) is 0 Å². The average Bonchev–Trinajstić information content (AvgIpc) is 1.79. The van der Waals surface area contributed by atoms with Crippen LogP contribution in [0.4, 0.5) is 10.5 Å². The number of unbranched alkanes of at least 4 members (excludes halogenated alkanes) is 1. The van der Waals surface area contributed by atoms with E-state index >= 15 is 9.59 Å². The Morgan fingerprint density at radius 2 is 0.991 bits per heavy atom. The quantitative estimate of drug-likeness (QED) is 0.0245.